The maximum Gasteiger partial charge on any atom is 0.217 e. The van der Waals surface area contributed by atoms with Crippen LogP contribution >= 0.6 is 11.8 Å². The molecule has 4 aromatic rings. The van der Waals surface area contributed by atoms with Gasteiger partial charge in [0, 0.05) is 50.1 Å². The number of nitrogens with zero attached hydrogens (tertiary/aromatic N) is 2. The standard InChI is InChI=1S/C32H35N3O4S/c1-21-29(20-40-32-33-14-15-35(32)3)38-31(39-30(21)25-12-10-23(19-36)11-13-25)28-9-5-8-27(17-28)26-7-4-6-24(16-26)18-34-22(2)37/h4-17,21,29-31,36H,18-20H2,1-3H3,(H,34,37). The smallest absolute Gasteiger partial charge is 0.217 e. The summed E-state index contributed by atoms with van der Waals surface area (Å²) in [7, 11) is 1.99. The normalized spacial score (nSPS) is 20.8. The molecule has 0 spiro atoms. The predicted octanol–water partition coefficient (Wildman–Crippen LogP) is 5.80. The summed E-state index contributed by atoms with van der Waals surface area (Å²) in [5.41, 5.74) is 6.03. The molecule has 1 aliphatic rings. The molecule has 3 aromatic carbocycles. The monoisotopic (exact) mass is 557 g/mol. The molecule has 8 heteroatoms. The van der Waals surface area contributed by atoms with E-state index in [1.165, 1.54) is 6.92 Å². The van der Waals surface area contributed by atoms with Crippen molar-refractivity contribution in [1.29, 1.82) is 0 Å². The largest absolute Gasteiger partial charge is 0.392 e. The van der Waals surface area contributed by atoms with Gasteiger partial charge in [-0.05, 0) is 39.9 Å². The third kappa shape index (κ3) is 6.64. The van der Waals surface area contributed by atoms with Gasteiger partial charge in [0.15, 0.2) is 11.4 Å². The first-order valence-electron chi connectivity index (χ1n) is 13.5. The highest BCUT2D eigenvalue weighted by Crippen LogP contribution is 2.43. The number of imidazole rings is 1. The van der Waals surface area contributed by atoms with Crippen molar-refractivity contribution in [3.63, 3.8) is 0 Å². The van der Waals surface area contributed by atoms with E-state index in [0.717, 1.165) is 44.3 Å². The van der Waals surface area contributed by atoms with E-state index < -0.39 is 6.29 Å². The van der Waals surface area contributed by atoms with E-state index in [0.29, 0.717) is 6.54 Å². The van der Waals surface area contributed by atoms with Gasteiger partial charge < -0.3 is 24.5 Å². The van der Waals surface area contributed by atoms with Crippen molar-refractivity contribution in [1.82, 2.24) is 14.9 Å². The molecule has 40 heavy (non-hydrogen) atoms. The van der Waals surface area contributed by atoms with Crippen molar-refractivity contribution >= 4 is 17.7 Å². The fourth-order valence-corrected chi connectivity index (χ4v) is 6.01. The number of carbonyl (C=O) groups is 1. The predicted molar refractivity (Wildman–Crippen MR) is 156 cm³/mol. The number of thioether (sulfide) groups is 1. The van der Waals surface area contributed by atoms with Crippen LogP contribution in [0.2, 0.25) is 0 Å². The lowest BCUT2D eigenvalue weighted by Crippen LogP contribution is -2.38. The molecule has 1 amide bonds. The molecule has 208 valence electrons. The fraction of sp³-hybridized carbons (Fsp3) is 0.312. The number of nitrogens with one attached hydrogen (secondary N) is 1. The average molecular weight is 558 g/mol. The minimum Gasteiger partial charge on any atom is -0.392 e. The summed E-state index contributed by atoms with van der Waals surface area (Å²) in [6, 6.07) is 24.4. The first kappa shape index (κ1) is 28.1. The fourth-order valence-electron chi connectivity index (χ4n) is 4.91. The SMILES string of the molecule is CC(=O)NCc1cccc(-c2cccc(C3OC(CSc4nccn4C)C(C)C(c4ccc(CO)cc4)O3)c2)c1. The number of aryl methyl sites for hydroxylation is 1. The maximum atomic E-state index is 11.4. The zero-order chi connectivity index (χ0) is 28.1. The van der Waals surface area contributed by atoms with E-state index in [4.69, 9.17) is 9.47 Å². The summed E-state index contributed by atoms with van der Waals surface area (Å²) in [5, 5.41) is 13.3. The molecule has 0 bridgehead atoms. The van der Waals surface area contributed by atoms with Gasteiger partial charge in [0.05, 0.1) is 18.8 Å². The Hall–Kier alpha value is -3.43. The van der Waals surface area contributed by atoms with E-state index >= 15 is 0 Å². The molecule has 1 aliphatic heterocycles. The van der Waals surface area contributed by atoms with Crippen molar-refractivity contribution in [2.24, 2.45) is 13.0 Å². The molecule has 5 rings (SSSR count). The van der Waals surface area contributed by atoms with Crippen LogP contribution in [0, 0.1) is 5.92 Å². The zero-order valence-corrected chi connectivity index (χ0v) is 23.8. The Morgan fingerprint density at radius 3 is 2.45 bits per heavy atom. The molecule has 1 aromatic heterocycles. The lowest BCUT2D eigenvalue weighted by molar-refractivity contribution is -0.268. The number of amides is 1. The van der Waals surface area contributed by atoms with Gasteiger partial charge in [0.25, 0.3) is 0 Å². The van der Waals surface area contributed by atoms with Gasteiger partial charge in [-0.1, -0.05) is 79.3 Å². The molecule has 1 saturated heterocycles. The maximum absolute atomic E-state index is 11.4. The van der Waals surface area contributed by atoms with E-state index in [9.17, 15) is 9.90 Å². The number of hydrogen-bond acceptors (Lipinski definition) is 6. The lowest BCUT2D eigenvalue weighted by atomic mass is 9.91. The summed E-state index contributed by atoms with van der Waals surface area (Å²) in [6.45, 7) is 4.19. The van der Waals surface area contributed by atoms with Crippen LogP contribution in [0.3, 0.4) is 0 Å². The summed E-state index contributed by atoms with van der Waals surface area (Å²) in [5.74, 6) is 0.782. The average Bonchev–Trinajstić information content (AvgIpc) is 3.40. The Morgan fingerprint density at radius 2 is 1.75 bits per heavy atom. The van der Waals surface area contributed by atoms with Gasteiger partial charge in [0.1, 0.15) is 0 Å². The summed E-state index contributed by atoms with van der Waals surface area (Å²) < 4.78 is 15.3. The molecule has 0 saturated carbocycles. The highest BCUT2D eigenvalue weighted by molar-refractivity contribution is 7.99. The van der Waals surface area contributed by atoms with Crippen LogP contribution < -0.4 is 5.32 Å². The Labute approximate surface area is 239 Å². The summed E-state index contributed by atoms with van der Waals surface area (Å²) >= 11 is 1.68. The van der Waals surface area contributed by atoms with Crippen molar-refractivity contribution in [2.45, 2.75) is 50.7 Å². The van der Waals surface area contributed by atoms with Gasteiger partial charge in [-0.25, -0.2) is 4.98 Å². The molecule has 0 aliphatic carbocycles. The number of ether oxygens (including phenoxy) is 2. The molecule has 2 heterocycles. The van der Waals surface area contributed by atoms with Crippen LogP contribution in [-0.4, -0.2) is 32.4 Å². The Kier molecular flexibility index (Phi) is 9.01. The minimum absolute atomic E-state index is 0.00876. The van der Waals surface area contributed by atoms with E-state index in [1.54, 1.807) is 11.8 Å². The molecule has 4 atom stereocenters. The Balaban J connectivity index is 1.42. The first-order chi connectivity index (χ1) is 19.4. The van der Waals surface area contributed by atoms with Crippen molar-refractivity contribution in [3.8, 4) is 11.1 Å². The summed E-state index contributed by atoms with van der Waals surface area (Å²) in [6.07, 6.45) is 2.95. The number of carbonyl (C=O) groups excluding carboxylic acids is 1. The van der Waals surface area contributed by atoms with E-state index in [1.807, 2.05) is 72.5 Å². The van der Waals surface area contributed by atoms with Crippen LogP contribution in [-0.2, 0) is 34.5 Å². The van der Waals surface area contributed by atoms with Gasteiger partial charge in [-0.2, -0.15) is 0 Å². The second kappa shape index (κ2) is 12.8. The molecule has 2 N–H and O–H groups in total. The van der Waals surface area contributed by atoms with Gasteiger partial charge in [-0.15, -0.1) is 0 Å². The Morgan fingerprint density at radius 1 is 1.00 bits per heavy atom. The quantitative estimate of drug-likeness (QED) is 0.253. The highest BCUT2D eigenvalue weighted by atomic mass is 32.2. The molecule has 7 nitrogen and oxygen atoms in total. The van der Waals surface area contributed by atoms with Crippen LogP contribution in [0.15, 0.2) is 90.3 Å². The first-order valence-corrected chi connectivity index (χ1v) is 14.4. The number of aliphatic hydroxyl groups is 1. The van der Waals surface area contributed by atoms with Crippen LogP contribution in [0.4, 0.5) is 0 Å². The van der Waals surface area contributed by atoms with Crippen molar-refractivity contribution in [2.75, 3.05) is 5.75 Å². The molecule has 0 radical (unpaired) electrons. The van der Waals surface area contributed by atoms with Crippen LogP contribution in [0.5, 0.6) is 0 Å². The molecule has 1 fully saturated rings. The van der Waals surface area contributed by atoms with Crippen LogP contribution in [0.1, 0.15) is 48.5 Å². The third-order valence-electron chi connectivity index (χ3n) is 7.24. The second-order valence-electron chi connectivity index (χ2n) is 10.2. The van der Waals surface area contributed by atoms with Gasteiger partial charge in [-0.3, -0.25) is 4.79 Å². The van der Waals surface area contributed by atoms with E-state index in [-0.39, 0.29) is 30.6 Å². The molecular weight excluding hydrogens is 522 g/mol. The van der Waals surface area contributed by atoms with Gasteiger partial charge in [0.2, 0.25) is 5.91 Å². The van der Waals surface area contributed by atoms with E-state index in [2.05, 4.69) is 41.5 Å². The number of aromatic nitrogens is 2. The Bertz CT molecular complexity index is 1440. The van der Waals surface area contributed by atoms with Crippen molar-refractivity contribution < 1.29 is 19.4 Å². The highest BCUT2D eigenvalue weighted by Gasteiger charge is 2.38. The number of aliphatic hydroxyl groups excluding tert-OH is 1. The summed E-state index contributed by atoms with van der Waals surface area (Å²) in [4.78, 5) is 15.8. The zero-order valence-electron chi connectivity index (χ0n) is 23.0. The van der Waals surface area contributed by atoms with Crippen LogP contribution in [0.25, 0.3) is 11.1 Å². The van der Waals surface area contributed by atoms with Gasteiger partial charge >= 0.3 is 0 Å². The number of rotatable bonds is 9. The second-order valence-corrected chi connectivity index (χ2v) is 11.2. The topological polar surface area (TPSA) is 85.6 Å². The lowest BCUT2D eigenvalue weighted by Gasteiger charge is -2.41. The minimum atomic E-state index is -0.548. The third-order valence-corrected chi connectivity index (χ3v) is 8.38. The number of benzene rings is 3. The number of hydrogen-bond donors (Lipinski definition) is 2. The molecular formula is C32H35N3O4S. The molecule has 4 unspecified atom stereocenters. The van der Waals surface area contributed by atoms with Crippen molar-refractivity contribution in [3.05, 3.63) is 107 Å².